The van der Waals surface area contributed by atoms with Gasteiger partial charge in [-0.3, -0.25) is 15.0 Å². The number of rotatable bonds is 17. The van der Waals surface area contributed by atoms with Crippen LogP contribution in [0.15, 0.2) is 83.8 Å². The summed E-state index contributed by atoms with van der Waals surface area (Å²) in [6.07, 6.45) is -0.318. The van der Waals surface area contributed by atoms with Gasteiger partial charge in [0, 0.05) is 32.1 Å². The Bertz CT molecular complexity index is 1610. The van der Waals surface area contributed by atoms with E-state index in [-0.39, 0.29) is 55.1 Å². The standard InChI is InChI=1S/C37H50N4O7S/c1-5-28(4)20-37(44)41(39-36(43)24-38-23-30-14-10-7-11-15-30)32(21-29-12-8-6-9-13-29)33(42)26-40(25-27(2)3)49(45,46)31-16-17-34-35(22-31)48-19-18-47-34/h6-17,22,27-28,32-33,38,42H,5,18-21,23-26H2,1-4H3,(H,39,43)/t28-,32?,33+/m0/s1. The van der Waals surface area contributed by atoms with Crippen molar-refractivity contribution in [2.45, 2.75) is 70.5 Å². The Morgan fingerprint density at radius 1 is 0.878 bits per heavy atom. The van der Waals surface area contributed by atoms with Crippen molar-refractivity contribution in [3.8, 4) is 11.5 Å². The van der Waals surface area contributed by atoms with Gasteiger partial charge in [-0.05, 0) is 41.5 Å². The highest BCUT2D eigenvalue weighted by atomic mass is 32.2. The largest absolute Gasteiger partial charge is 0.486 e. The molecule has 0 aliphatic carbocycles. The second kappa shape index (κ2) is 18.1. The first-order valence-electron chi connectivity index (χ1n) is 17.0. The fourth-order valence-corrected chi connectivity index (χ4v) is 7.20. The lowest BCUT2D eigenvalue weighted by molar-refractivity contribution is -0.148. The van der Waals surface area contributed by atoms with Crippen molar-refractivity contribution in [1.29, 1.82) is 0 Å². The van der Waals surface area contributed by atoms with Crippen LogP contribution in [0, 0.1) is 11.8 Å². The minimum absolute atomic E-state index is 0.00621. The van der Waals surface area contributed by atoms with E-state index < -0.39 is 28.1 Å². The van der Waals surface area contributed by atoms with Gasteiger partial charge in [0.1, 0.15) is 13.2 Å². The molecule has 3 aromatic rings. The van der Waals surface area contributed by atoms with Crippen LogP contribution < -0.4 is 20.2 Å². The van der Waals surface area contributed by atoms with Gasteiger partial charge in [0.2, 0.25) is 15.9 Å². The Morgan fingerprint density at radius 3 is 2.14 bits per heavy atom. The monoisotopic (exact) mass is 694 g/mol. The third-order valence-electron chi connectivity index (χ3n) is 8.37. The van der Waals surface area contributed by atoms with Gasteiger partial charge in [-0.2, -0.15) is 4.31 Å². The number of hydrazine groups is 1. The maximum Gasteiger partial charge on any atom is 0.252 e. The number of sulfonamides is 1. The van der Waals surface area contributed by atoms with Crippen LogP contribution in [-0.2, 0) is 32.6 Å². The molecule has 1 unspecified atom stereocenters. The molecule has 0 saturated heterocycles. The molecular weight excluding hydrogens is 644 g/mol. The van der Waals surface area contributed by atoms with E-state index in [4.69, 9.17) is 9.47 Å². The molecule has 0 radical (unpaired) electrons. The first kappa shape index (κ1) is 37.8. The molecular formula is C37H50N4O7S. The van der Waals surface area contributed by atoms with Crippen LogP contribution in [0.25, 0.3) is 0 Å². The number of fused-ring (bicyclic) bond motifs is 1. The Balaban J connectivity index is 1.64. The lowest BCUT2D eigenvalue weighted by Crippen LogP contribution is -2.60. The van der Waals surface area contributed by atoms with E-state index in [1.807, 2.05) is 88.4 Å². The molecule has 0 saturated carbocycles. The molecule has 3 N–H and O–H groups in total. The third-order valence-corrected chi connectivity index (χ3v) is 10.2. The molecule has 2 amide bonds. The highest BCUT2D eigenvalue weighted by Crippen LogP contribution is 2.33. The Kier molecular flexibility index (Phi) is 14.0. The lowest BCUT2D eigenvalue weighted by Gasteiger charge is -2.37. The van der Waals surface area contributed by atoms with Gasteiger partial charge in [0.15, 0.2) is 11.5 Å². The fraction of sp³-hybridized carbons (Fsp3) is 0.459. The van der Waals surface area contributed by atoms with E-state index >= 15 is 0 Å². The predicted molar refractivity (Wildman–Crippen MR) is 188 cm³/mol. The zero-order valence-corrected chi connectivity index (χ0v) is 29.7. The van der Waals surface area contributed by atoms with Gasteiger partial charge >= 0.3 is 0 Å². The van der Waals surface area contributed by atoms with Crippen molar-refractivity contribution in [3.05, 3.63) is 90.0 Å². The van der Waals surface area contributed by atoms with Crippen LogP contribution in [0.3, 0.4) is 0 Å². The van der Waals surface area contributed by atoms with Crippen LogP contribution in [0.2, 0.25) is 0 Å². The Labute approximate surface area is 290 Å². The van der Waals surface area contributed by atoms with Crippen molar-refractivity contribution < 1.29 is 32.6 Å². The molecule has 0 spiro atoms. The smallest absolute Gasteiger partial charge is 0.252 e. The topological polar surface area (TPSA) is 138 Å². The molecule has 1 heterocycles. The summed E-state index contributed by atoms with van der Waals surface area (Å²) in [6.45, 7) is 8.57. The Hall–Kier alpha value is -3.97. The number of nitrogens with zero attached hydrogens (tertiary/aromatic N) is 2. The van der Waals surface area contributed by atoms with Crippen LogP contribution in [-0.4, -0.2) is 79.6 Å². The van der Waals surface area contributed by atoms with Crippen molar-refractivity contribution in [2.75, 3.05) is 32.8 Å². The molecule has 0 fully saturated rings. The second-order valence-corrected chi connectivity index (χ2v) is 14.9. The summed E-state index contributed by atoms with van der Waals surface area (Å²) in [4.78, 5) is 27.3. The molecule has 0 bridgehead atoms. The number of ether oxygens (including phenoxy) is 2. The SMILES string of the molecule is CC[C@H](C)CC(=O)N(NC(=O)CNCc1ccccc1)C(Cc1ccccc1)[C@H](O)CN(CC(C)C)S(=O)(=O)c1ccc2c(c1)OCCO2. The van der Waals surface area contributed by atoms with Gasteiger partial charge in [0.25, 0.3) is 5.91 Å². The molecule has 3 aromatic carbocycles. The van der Waals surface area contributed by atoms with Crippen LogP contribution in [0.1, 0.15) is 51.7 Å². The summed E-state index contributed by atoms with van der Waals surface area (Å²) in [6, 6.07) is 22.5. The zero-order chi connectivity index (χ0) is 35.4. The first-order valence-corrected chi connectivity index (χ1v) is 18.4. The molecule has 12 heteroatoms. The quantitative estimate of drug-likeness (QED) is 0.179. The molecule has 49 heavy (non-hydrogen) atoms. The van der Waals surface area contributed by atoms with Gasteiger partial charge in [-0.15, -0.1) is 0 Å². The van der Waals surface area contributed by atoms with E-state index in [1.54, 1.807) is 6.07 Å². The number of hydrogen-bond acceptors (Lipinski definition) is 8. The summed E-state index contributed by atoms with van der Waals surface area (Å²) in [5.74, 6) is -0.0776. The number of carbonyl (C=O) groups excluding carboxylic acids is 2. The number of amides is 2. The number of aliphatic hydroxyl groups excluding tert-OH is 1. The fourth-order valence-electron chi connectivity index (χ4n) is 5.56. The molecule has 4 rings (SSSR count). The molecule has 1 aliphatic rings. The molecule has 3 atom stereocenters. The van der Waals surface area contributed by atoms with E-state index in [0.717, 1.165) is 17.5 Å². The summed E-state index contributed by atoms with van der Waals surface area (Å²) < 4.78 is 40.7. The Morgan fingerprint density at radius 2 is 1.51 bits per heavy atom. The van der Waals surface area contributed by atoms with Crippen LogP contribution >= 0.6 is 0 Å². The van der Waals surface area contributed by atoms with Gasteiger partial charge in [-0.25, -0.2) is 13.4 Å². The molecule has 0 aromatic heterocycles. The van der Waals surface area contributed by atoms with Crippen molar-refractivity contribution in [1.82, 2.24) is 20.1 Å². The van der Waals surface area contributed by atoms with Crippen molar-refractivity contribution >= 4 is 21.8 Å². The minimum atomic E-state index is -4.12. The average Bonchev–Trinajstić information content (AvgIpc) is 3.09. The van der Waals surface area contributed by atoms with Crippen LogP contribution in [0.5, 0.6) is 11.5 Å². The highest BCUT2D eigenvalue weighted by molar-refractivity contribution is 7.89. The van der Waals surface area contributed by atoms with Gasteiger partial charge < -0.3 is 19.9 Å². The first-order chi connectivity index (χ1) is 23.5. The number of nitrogens with one attached hydrogen (secondary N) is 2. The number of aliphatic hydroxyl groups is 1. The summed E-state index contributed by atoms with van der Waals surface area (Å²) in [7, 11) is -4.12. The van der Waals surface area contributed by atoms with E-state index in [9.17, 15) is 23.1 Å². The molecule has 11 nitrogen and oxygen atoms in total. The molecule has 266 valence electrons. The second-order valence-electron chi connectivity index (χ2n) is 13.0. The minimum Gasteiger partial charge on any atom is -0.486 e. The molecule has 1 aliphatic heterocycles. The van der Waals surface area contributed by atoms with E-state index in [2.05, 4.69) is 10.7 Å². The summed E-state index contributed by atoms with van der Waals surface area (Å²) in [5, 5.41) is 16.3. The summed E-state index contributed by atoms with van der Waals surface area (Å²) in [5.41, 5.74) is 4.59. The highest BCUT2D eigenvalue weighted by Gasteiger charge is 2.36. The normalized spacial score (nSPS) is 14.7. The predicted octanol–water partition coefficient (Wildman–Crippen LogP) is 4.16. The van der Waals surface area contributed by atoms with Crippen LogP contribution in [0.4, 0.5) is 0 Å². The lowest BCUT2D eigenvalue weighted by atomic mass is 9.98. The van der Waals surface area contributed by atoms with Gasteiger partial charge in [0.05, 0.1) is 23.6 Å². The zero-order valence-electron chi connectivity index (χ0n) is 28.9. The third kappa shape index (κ3) is 11.0. The van der Waals surface area contributed by atoms with Crippen molar-refractivity contribution in [3.63, 3.8) is 0 Å². The number of hydrogen-bond donors (Lipinski definition) is 3. The number of benzene rings is 3. The number of carbonyl (C=O) groups is 2. The summed E-state index contributed by atoms with van der Waals surface area (Å²) >= 11 is 0. The maximum atomic E-state index is 14.1. The average molecular weight is 695 g/mol. The maximum absolute atomic E-state index is 14.1. The van der Waals surface area contributed by atoms with Gasteiger partial charge in [-0.1, -0.05) is 94.8 Å². The van der Waals surface area contributed by atoms with Crippen molar-refractivity contribution in [2.24, 2.45) is 11.8 Å². The van der Waals surface area contributed by atoms with E-state index in [0.29, 0.717) is 31.3 Å². The van der Waals surface area contributed by atoms with E-state index in [1.165, 1.54) is 21.4 Å².